The maximum atomic E-state index is 12.0. The smallest absolute Gasteiger partial charge is 0.246 e. The molecule has 4 heteroatoms. The number of nitrogens with one attached hydrogen (secondary N) is 2. The SMILES string of the molecule is Cc1ccccc1N[PH](=O)Nc1ccccc1C. The van der Waals surface area contributed by atoms with Gasteiger partial charge in [0.1, 0.15) is 0 Å². The highest BCUT2D eigenvalue weighted by molar-refractivity contribution is 7.48. The summed E-state index contributed by atoms with van der Waals surface area (Å²) < 4.78 is 12.0. The van der Waals surface area contributed by atoms with Gasteiger partial charge in [-0.1, -0.05) is 36.4 Å². The minimum atomic E-state index is -2.09. The topological polar surface area (TPSA) is 41.1 Å². The molecule has 18 heavy (non-hydrogen) atoms. The molecule has 0 spiro atoms. The summed E-state index contributed by atoms with van der Waals surface area (Å²) in [5.41, 5.74) is 3.98. The number of anilines is 2. The Morgan fingerprint density at radius 1 is 0.778 bits per heavy atom. The Morgan fingerprint density at radius 2 is 1.17 bits per heavy atom. The highest BCUT2D eigenvalue weighted by Gasteiger charge is 2.03. The quantitative estimate of drug-likeness (QED) is 0.809. The highest BCUT2D eigenvalue weighted by atomic mass is 31.1. The largest absolute Gasteiger partial charge is 0.322 e. The summed E-state index contributed by atoms with van der Waals surface area (Å²) in [4.78, 5) is 0. The molecule has 2 rings (SSSR count). The van der Waals surface area contributed by atoms with E-state index in [9.17, 15) is 4.57 Å². The number of para-hydroxylation sites is 2. The summed E-state index contributed by atoms with van der Waals surface area (Å²) in [6, 6.07) is 15.6. The molecule has 3 nitrogen and oxygen atoms in total. The second-order valence-electron chi connectivity index (χ2n) is 4.21. The van der Waals surface area contributed by atoms with Crippen LogP contribution in [0.25, 0.3) is 0 Å². The van der Waals surface area contributed by atoms with Gasteiger partial charge in [-0.2, -0.15) is 0 Å². The summed E-state index contributed by atoms with van der Waals surface area (Å²) in [6.07, 6.45) is 0. The lowest BCUT2D eigenvalue weighted by Crippen LogP contribution is -1.97. The van der Waals surface area contributed by atoms with Crippen LogP contribution in [0.1, 0.15) is 11.1 Å². The van der Waals surface area contributed by atoms with Crippen LogP contribution in [0.2, 0.25) is 0 Å². The lowest BCUT2D eigenvalue weighted by molar-refractivity contribution is 0.593. The van der Waals surface area contributed by atoms with Crippen molar-refractivity contribution in [1.29, 1.82) is 0 Å². The molecule has 94 valence electrons. The number of benzene rings is 2. The Labute approximate surface area is 108 Å². The van der Waals surface area contributed by atoms with Crippen molar-refractivity contribution < 1.29 is 4.57 Å². The van der Waals surface area contributed by atoms with Gasteiger partial charge in [-0.3, -0.25) is 4.57 Å². The fourth-order valence-corrected chi connectivity index (χ4v) is 2.81. The van der Waals surface area contributed by atoms with Gasteiger partial charge in [0.25, 0.3) is 0 Å². The van der Waals surface area contributed by atoms with E-state index in [1.807, 2.05) is 62.4 Å². The molecule has 0 saturated carbocycles. The zero-order valence-corrected chi connectivity index (χ0v) is 11.5. The summed E-state index contributed by atoms with van der Waals surface area (Å²) in [5.74, 6) is 0. The van der Waals surface area contributed by atoms with Crippen LogP contribution < -0.4 is 10.2 Å². The molecule has 0 aliphatic heterocycles. The molecular formula is C14H17N2OP. The Bertz CT molecular complexity index is 520. The first-order valence-electron chi connectivity index (χ1n) is 5.86. The zero-order chi connectivity index (χ0) is 13.0. The third kappa shape index (κ3) is 3.14. The standard InChI is InChI=1S/C14H17N2OP/c1-11-7-3-5-9-13(11)15-18(17)16-14-10-6-4-8-12(14)2/h3-10,18H,1-2H3,(H2,15,16,17). The average Bonchev–Trinajstić information content (AvgIpc) is 2.35. The van der Waals surface area contributed by atoms with Gasteiger partial charge in [0.2, 0.25) is 8.10 Å². The maximum absolute atomic E-state index is 12.0. The molecule has 2 aromatic rings. The minimum absolute atomic E-state index is 0.905. The number of rotatable bonds is 4. The molecule has 0 bridgehead atoms. The lowest BCUT2D eigenvalue weighted by atomic mass is 10.2. The van der Waals surface area contributed by atoms with Crippen LogP contribution in [0.5, 0.6) is 0 Å². The number of hydrogen-bond donors (Lipinski definition) is 2. The van der Waals surface area contributed by atoms with Crippen molar-refractivity contribution in [3.05, 3.63) is 59.7 Å². The van der Waals surface area contributed by atoms with E-state index in [-0.39, 0.29) is 0 Å². The summed E-state index contributed by atoms with van der Waals surface area (Å²) in [7, 11) is -2.09. The molecule has 0 fully saturated rings. The highest BCUT2D eigenvalue weighted by Crippen LogP contribution is 2.29. The average molecular weight is 260 g/mol. The first kappa shape index (κ1) is 12.7. The van der Waals surface area contributed by atoms with Crippen LogP contribution in [0.3, 0.4) is 0 Å². The van der Waals surface area contributed by atoms with Crippen LogP contribution in [0.4, 0.5) is 11.4 Å². The molecule has 0 aromatic heterocycles. The van der Waals surface area contributed by atoms with Gasteiger partial charge in [0, 0.05) is 11.4 Å². The van der Waals surface area contributed by atoms with Crippen LogP contribution in [0.15, 0.2) is 48.5 Å². The summed E-state index contributed by atoms with van der Waals surface area (Å²) >= 11 is 0. The van der Waals surface area contributed by atoms with Gasteiger partial charge in [0.05, 0.1) is 0 Å². The summed E-state index contributed by atoms with van der Waals surface area (Å²) in [5, 5.41) is 6.04. The predicted octanol–water partition coefficient (Wildman–Crippen LogP) is 4.22. The van der Waals surface area contributed by atoms with E-state index in [1.54, 1.807) is 0 Å². The molecule has 0 atom stereocenters. The molecular weight excluding hydrogens is 243 g/mol. The Hall–Kier alpha value is -1.73. The van der Waals surface area contributed by atoms with Crippen LogP contribution in [0, 0.1) is 13.8 Å². The van der Waals surface area contributed by atoms with Gasteiger partial charge < -0.3 is 10.2 Å². The maximum Gasteiger partial charge on any atom is 0.246 e. The van der Waals surface area contributed by atoms with Crippen LogP contribution in [-0.4, -0.2) is 0 Å². The Balaban J connectivity index is 2.06. The van der Waals surface area contributed by atoms with Gasteiger partial charge in [0.15, 0.2) is 0 Å². The molecule has 0 amide bonds. The van der Waals surface area contributed by atoms with Gasteiger partial charge in [-0.15, -0.1) is 0 Å². The van der Waals surface area contributed by atoms with E-state index in [1.165, 1.54) is 0 Å². The molecule has 2 N–H and O–H groups in total. The van der Waals surface area contributed by atoms with Gasteiger partial charge in [-0.05, 0) is 37.1 Å². The van der Waals surface area contributed by atoms with E-state index in [2.05, 4.69) is 10.2 Å². The van der Waals surface area contributed by atoms with Crippen molar-refractivity contribution >= 4 is 19.5 Å². The van der Waals surface area contributed by atoms with Crippen molar-refractivity contribution in [1.82, 2.24) is 0 Å². The molecule has 0 unspecified atom stereocenters. The van der Waals surface area contributed by atoms with Crippen molar-refractivity contribution in [2.24, 2.45) is 0 Å². The van der Waals surface area contributed by atoms with Gasteiger partial charge >= 0.3 is 0 Å². The van der Waals surface area contributed by atoms with E-state index in [0.29, 0.717) is 0 Å². The van der Waals surface area contributed by atoms with E-state index >= 15 is 0 Å². The number of aryl methyl sites for hydroxylation is 2. The first-order valence-corrected chi connectivity index (χ1v) is 7.27. The molecule has 0 aliphatic rings. The lowest BCUT2D eigenvalue weighted by Gasteiger charge is -2.12. The van der Waals surface area contributed by atoms with Crippen molar-refractivity contribution in [3.8, 4) is 0 Å². The molecule has 2 aromatic carbocycles. The minimum Gasteiger partial charge on any atom is -0.322 e. The second-order valence-corrected chi connectivity index (χ2v) is 5.37. The van der Waals surface area contributed by atoms with Crippen molar-refractivity contribution in [3.63, 3.8) is 0 Å². The van der Waals surface area contributed by atoms with E-state index in [4.69, 9.17) is 0 Å². The first-order chi connectivity index (χ1) is 8.66. The predicted molar refractivity (Wildman–Crippen MR) is 78.6 cm³/mol. The van der Waals surface area contributed by atoms with Crippen LogP contribution in [-0.2, 0) is 4.57 Å². The Kier molecular flexibility index (Phi) is 4.06. The monoisotopic (exact) mass is 260 g/mol. The molecule has 0 saturated heterocycles. The fourth-order valence-electron chi connectivity index (χ4n) is 1.70. The third-order valence-corrected chi connectivity index (χ3v) is 3.78. The normalized spacial score (nSPS) is 10.4. The fraction of sp³-hybridized carbons (Fsp3) is 0.143. The third-order valence-electron chi connectivity index (χ3n) is 2.79. The molecule has 0 radical (unpaired) electrons. The number of hydrogen-bond acceptors (Lipinski definition) is 1. The van der Waals surface area contributed by atoms with E-state index < -0.39 is 8.10 Å². The zero-order valence-electron chi connectivity index (χ0n) is 10.5. The van der Waals surface area contributed by atoms with Crippen molar-refractivity contribution in [2.45, 2.75) is 13.8 Å². The van der Waals surface area contributed by atoms with Crippen molar-refractivity contribution in [2.75, 3.05) is 10.2 Å². The summed E-state index contributed by atoms with van der Waals surface area (Å²) in [6.45, 7) is 3.98. The Morgan fingerprint density at radius 3 is 1.56 bits per heavy atom. The van der Waals surface area contributed by atoms with E-state index in [0.717, 1.165) is 22.5 Å². The molecule has 0 aliphatic carbocycles. The van der Waals surface area contributed by atoms with Gasteiger partial charge in [-0.25, -0.2) is 0 Å². The second kappa shape index (κ2) is 5.74. The van der Waals surface area contributed by atoms with Crippen LogP contribution >= 0.6 is 8.10 Å². The molecule has 0 heterocycles.